The monoisotopic (exact) mass is 256 g/mol. The lowest BCUT2D eigenvalue weighted by Gasteiger charge is -2.39. The van der Waals surface area contributed by atoms with E-state index in [1.807, 2.05) is 6.92 Å². The summed E-state index contributed by atoms with van der Waals surface area (Å²) in [5.41, 5.74) is 1.03. The average Bonchev–Trinajstić information content (AvgIpc) is 2.08. The first-order valence-electron chi connectivity index (χ1n) is 4.66. The second kappa shape index (κ2) is 4.21. The van der Waals surface area contributed by atoms with Crippen LogP contribution in [0.15, 0.2) is 11.6 Å². The number of aliphatic hydroxyl groups is 1. The van der Waals surface area contributed by atoms with E-state index >= 15 is 0 Å². The van der Waals surface area contributed by atoms with Crippen molar-refractivity contribution < 1.29 is 5.11 Å². The molecule has 2 atom stereocenters. The van der Waals surface area contributed by atoms with Crippen LogP contribution in [0, 0.1) is 5.41 Å². The van der Waals surface area contributed by atoms with Crippen LogP contribution in [0.4, 0.5) is 0 Å². The maximum atomic E-state index is 9.93. The van der Waals surface area contributed by atoms with Crippen molar-refractivity contribution in [1.82, 2.24) is 0 Å². The molecule has 0 saturated carbocycles. The molecular weight excluding hydrogens is 242 g/mol. The predicted molar refractivity (Wildman–Crippen MR) is 62.0 cm³/mol. The number of rotatable bonds is 1. The van der Waals surface area contributed by atoms with Crippen molar-refractivity contribution in [3.05, 3.63) is 11.6 Å². The van der Waals surface area contributed by atoms with Crippen molar-refractivity contribution in [2.24, 2.45) is 5.41 Å². The van der Waals surface area contributed by atoms with E-state index in [0.717, 1.165) is 19.3 Å². The van der Waals surface area contributed by atoms with Crippen molar-refractivity contribution in [2.75, 3.05) is 0 Å². The Labute approximate surface area is 100 Å². The molecule has 0 fully saturated rings. The van der Waals surface area contributed by atoms with E-state index in [1.54, 1.807) is 0 Å². The fourth-order valence-electron chi connectivity index (χ4n) is 1.74. The number of hydrogen-bond acceptors (Lipinski definition) is 1. The first kappa shape index (κ1) is 12.6. The van der Waals surface area contributed by atoms with Crippen molar-refractivity contribution >= 4 is 34.8 Å². The molecule has 1 N–H and O–H groups in total. The zero-order chi connectivity index (χ0) is 11.0. The Bertz CT molecular complexity index is 244. The lowest BCUT2D eigenvalue weighted by molar-refractivity contribution is 0.0325. The van der Waals surface area contributed by atoms with Crippen LogP contribution in [-0.2, 0) is 0 Å². The van der Waals surface area contributed by atoms with Crippen LogP contribution in [0.2, 0.25) is 0 Å². The zero-order valence-electron chi connectivity index (χ0n) is 8.36. The predicted octanol–water partition coefficient (Wildman–Crippen LogP) is 3.85. The molecule has 0 aliphatic heterocycles. The van der Waals surface area contributed by atoms with Crippen LogP contribution in [-0.4, -0.2) is 15.0 Å². The maximum absolute atomic E-state index is 9.93. The molecule has 2 unspecified atom stereocenters. The molecule has 0 aromatic carbocycles. The molecule has 1 nitrogen and oxygen atoms in total. The number of alkyl halides is 3. The van der Waals surface area contributed by atoms with E-state index in [4.69, 9.17) is 34.8 Å². The van der Waals surface area contributed by atoms with Crippen molar-refractivity contribution in [2.45, 2.75) is 43.0 Å². The summed E-state index contributed by atoms with van der Waals surface area (Å²) < 4.78 is -1.59. The third kappa shape index (κ3) is 2.79. The summed E-state index contributed by atoms with van der Waals surface area (Å²) >= 11 is 17.1. The molecule has 1 rings (SSSR count). The largest absolute Gasteiger partial charge is 0.388 e. The molecule has 0 spiro atoms. The summed E-state index contributed by atoms with van der Waals surface area (Å²) in [6.45, 7) is 4.05. The van der Waals surface area contributed by atoms with Crippen LogP contribution >= 0.6 is 34.8 Å². The first-order chi connectivity index (χ1) is 6.26. The number of hydrogen-bond donors (Lipinski definition) is 1. The average molecular weight is 258 g/mol. The highest BCUT2D eigenvalue weighted by molar-refractivity contribution is 6.68. The van der Waals surface area contributed by atoms with Crippen molar-refractivity contribution in [3.8, 4) is 0 Å². The fraction of sp³-hybridized carbons (Fsp3) is 0.800. The molecular formula is C10H15Cl3O. The van der Waals surface area contributed by atoms with Gasteiger partial charge in [-0.2, -0.15) is 0 Å². The van der Waals surface area contributed by atoms with Gasteiger partial charge in [-0.25, -0.2) is 0 Å². The molecule has 14 heavy (non-hydrogen) atoms. The smallest absolute Gasteiger partial charge is 0.216 e. The number of allylic oxidation sites excluding steroid dienone is 2. The van der Waals surface area contributed by atoms with Gasteiger partial charge < -0.3 is 5.11 Å². The van der Waals surface area contributed by atoms with E-state index in [1.165, 1.54) is 5.57 Å². The van der Waals surface area contributed by atoms with Gasteiger partial charge in [0.15, 0.2) is 0 Å². The van der Waals surface area contributed by atoms with Gasteiger partial charge in [-0.1, -0.05) is 53.4 Å². The summed E-state index contributed by atoms with van der Waals surface area (Å²) in [5, 5.41) is 9.93. The maximum Gasteiger partial charge on any atom is 0.216 e. The Morgan fingerprint density at radius 2 is 2.07 bits per heavy atom. The van der Waals surface area contributed by atoms with Gasteiger partial charge >= 0.3 is 0 Å². The van der Waals surface area contributed by atoms with Gasteiger partial charge in [0, 0.05) is 5.41 Å². The summed E-state index contributed by atoms with van der Waals surface area (Å²) in [6, 6.07) is 0. The van der Waals surface area contributed by atoms with Gasteiger partial charge in [-0.05, 0) is 26.2 Å². The van der Waals surface area contributed by atoms with Gasteiger partial charge in [0.05, 0.1) is 0 Å². The number of aliphatic hydroxyl groups excluding tert-OH is 1. The Morgan fingerprint density at radius 1 is 1.50 bits per heavy atom. The van der Waals surface area contributed by atoms with Crippen LogP contribution in [0.3, 0.4) is 0 Å². The number of halogens is 3. The van der Waals surface area contributed by atoms with Crippen molar-refractivity contribution in [3.63, 3.8) is 0 Å². The van der Waals surface area contributed by atoms with Gasteiger partial charge in [-0.3, -0.25) is 0 Å². The lowest BCUT2D eigenvalue weighted by Crippen LogP contribution is -2.42. The zero-order valence-corrected chi connectivity index (χ0v) is 10.6. The molecule has 0 aromatic rings. The minimum atomic E-state index is -1.59. The van der Waals surface area contributed by atoms with Crippen LogP contribution in [0.1, 0.15) is 33.1 Å². The van der Waals surface area contributed by atoms with Gasteiger partial charge in [0.2, 0.25) is 3.79 Å². The Hall–Kier alpha value is 0.570. The molecule has 4 heteroatoms. The second-order valence-electron chi connectivity index (χ2n) is 4.35. The SMILES string of the molecule is CC1=CCC(C)(C(O)C(Cl)(Cl)Cl)CC1. The molecule has 0 amide bonds. The summed E-state index contributed by atoms with van der Waals surface area (Å²) in [5.74, 6) is 0. The summed E-state index contributed by atoms with van der Waals surface area (Å²) in [7, 11) is 0. The third-order valence-electron chi connectivity index (χ3n) is 2.98. The quantitative estimate of drug-likeness (QED) is 0.559. The molecule has 0 heterocycles. The molecule has 0 saturated heterocycles. The molecule has 0 bridgehead atoms. The van der Waals surface area contributed by atoms with Gasteiger partial charge in [0.1, 0.15) is 6.10 Å². The van der Waals surface area contributed by atoms with E-state index in [0.29, 0.717) is 0 Å². The highest BCUT2D eigenvalue weighted by Gasteiger charge is 2.45. The highest BCUT2D eigenvalue weighted by Crippen LogP contribution is 2.46. The molecule has 0 aromatic heterocycles. The normalized spacial score (nSPS) is 31.1. The van der Waals surface area contributed by atoms with Crippen LogP contribution < -0.4 is 0 Å². The molecule has 82 valence electrons. The summed E-state index contributed by atoms with van der Waals surface area (Å²) in [6.07, 6.45) is 3.81. The van der Waals surface area contributed by atoms with Crippen molar-refractivity contribution in [1.29, 1.82) is 0 Å². The van der Waals surface area contributed by atoms with Crippen LogP contribution in [0.5, 0.6) is 0 Å². The minimum Gasteiger partial charge on any atom is -0.388 e. The highest BCUT2D eigenvalue weighted by atomic mass is 35.6. The molecule has 0 radical (unpaired) electrons. The Balaban J connectivity index is 2.77. The summed E-state index contributed by atoms with van der Waals surface area (Å²) in [4.78, 5) is 0. The fourth-order valence-corrected chi connectivity index (χ4v) is 2.53. The third-order valence-corrected chi connectivity index (χ3v) is 3.60. The van der Waals surface area contributed by atoms with E-state index in [-0.39, 0.29) is 5.41 Å². The topological polar surface area (TPSA) is 20.2 Å². The van der Waals surface area contributed by atoms with E-state index in [2.05, 4.69) is 13.0 Å². The Kier molecular flexibility index (Phi) is 3.80. The molecule has 1 aliphatic rings. The minimum absolute atomic E-state index is 0.315. The second-order valence-corrected chi connectivity index (χ2v) is 6.72. The van der Waals surface area contributed by atoms with E-state index < -0.39 is 9.90 Å². The van der Waals surface area contributed by atoms with Gasteiger partial charge in [-0.15, -0.1) is 0 Å². The first-order valence-corrected chi connectivity index (χ1v) is 5.79. The standard InChI is InChI=1S/C10H15Cl3O/c1-7-3-5-9(2,6-4-7)8(14)10(11,12)13/h3,8,14H,4-6H2,1-2H3. The van der Waals surface area contributed by atoms with Crippen LogP contribution in [0.25, 0.3) is 0 Å². The van der Waals surface area contributed by atoms with Gasteiger partial charge in [0.25, 0.3) is 0 Å². The lowest BCUT2D eigenvalue weighted by atomic mass is 9.73. The molecule has 1 aliphatic carbocycles. The van der Waals surface area contributed by atoms with E-state index in [9.17, 15) is 5.11 Å². The Morgan fingerprint density at radius 3 is 2.43 bits per heavy atom.